The number of thioether (sulfide) groups is 1. The van der Waals surface area contributed by atoms with E-state index < -0.39 is 0 Å². The molecule has 138 valence electrons. The van der Waals surface area contributed by atoms with Crippen LogP contribution in [0.2, 0.25) is 0 Å². The highest BCUT2D eigenvalue weighted by atomic mass is 79.9. The Bertz CT molecular complexity index is 957. The minimum Gasteiger partial charge on any atom is -0.481 e. The first kappa shape index (κ1) is 18.6. The molecule has 0 fully saturated rings. The highest BCUT2D eigenvalue weighted by Crippen LogP contribution is 2.43. The standard InChI is InChI=1S/C23H22BrNOS/c1-25(2)14-16-7-4-6-10-21(16)26-23-19-9-5-3-8-17(19)15-27-22-12-11-18(24)13-20(22)23/h3-13,23H,14-15H2,1-2H3/t23-/m1/s1. The van der Waals surface area contributed by atoms with Gasteiger partial charge in [0, 0.05) is 38.4 Å². The van der Waals surface area contributed by atoms with Crippen molar-refractivity contribution in [3.05, 3.63) is 93.5 Å². The van der Waals surface area contributed by atoms with E-state index in [2.05, 4.69) is 95.6 Å². The smallest absolute Gasteiger partial charge is 0.150 e. The third-order valence-corrected chi connectivity index (χ3v) is 6.31. The molecule has 0 aromatic heterocycles. The summed E-state index contributed by atoms with van der Waals surface area (Å²) in [5, 5.41) is 0. The van der Waals surface area contributed by atoms with Crippen LogP contribution in [0.25, 0.3) is 0 Å². The maximum Gasteiger partial charge on any atom is 0.150 e. The fourth-order valence-electron chi connectivity index (χ4n) is 3.44. The molecule has 1 aliphatic heterocycles. The third kappa shape index (κ3) is 4.08. The molecule has 1 heterocycles. The molecule has 4 rings (SSSR count). The number of benzene rings is 3. The van der Waals surface area contributed by atoms with Crippen molar-refractivity contribution in [3.8, 4) is 5.75 Å². The average Bonchev–Trinajstić information content (AvgIpc) is 2.80. The van der Waals surface area contributed by atoms with Crippen molar-refractivity contribution in [1.82, 2.24) is 4.90 Å². The number of halogens is 1. The first-order chi connectivity index (χ1) is 13.1. The molecule has 2 nitrogen and oxygen atoms in total. The molecule has 1 atom stereocenters. The number of hydrogen-bond acceptors (Lipinski definition) is 3. The van der Waals surface area contributed by atoms with Gasteiger partial charge in [-0.05, 0) is 43.9 Å². The van der Waals surface area contributed by atoms with E-state index in [1.54, 1.807) is 0 Å². The van der Waals surface area contributed by atoms with E-state index in [0.717, 1.165) is 22.5 Å². The summed E-state index contributed by atoms with van der Waals surface area (Å²) in [6.07, 6.45) is -0.119. The molecule has 0 bridgehead atoms. The maximum atomic E-state index is 6.71. The predicted octanol–water partition coefficient (Wildman–Crippen LogP) is 6.28. The Balaban J connectivity index is 1.82. The molecule has 4 heteroatoms. The first-order valence-corrected chi connectivity index (χ1v) is 10.8. The number of hydrogen-bond donors (Lipinski definition) is 0. The van der Waals surface area contributed by atoms with Crippen LogP contribution in [0, 0.1) is 0 Å². The van der Waals surface area contributed by atoms with Crippen LogP contribution in [0.5, 0.6) is 5.75 Å². The number of rotatable bonds is 4. The van der Waals surface area contributed by atoms with E-state index in [0.29, 0.717) is 0 Å². The second-order valence-electron chi connectivity index (χ2n) is 7.01. The highest BCUT2D eigenvalue weighted by molar-refractivity contribution is 9.10. The van der Waals surface area contributed by atoms with E-state index in [4.69, 9.17) is 4.74 Å². The molecule has 0 saturated carbocycles. The van der Waals surface area contributed by atoms with Crippen LogP contribution < -0.4 is 4.74 Å². The molecule has 3 aromatic carbocycles. The second kappa shape index (κ2) is 8.09. The van der Waals surface area contributed by atoms with Crippen LogP contribution in [0.4, 0.5) is 0 Å². The molecular weight excluding hydrogens is 418 g/mol. The van der Waals surface area contributed by atoms with Gasteiger partial charge in [0.1, 0.15) is 5.75 Å². The van der Waals surface area contributed by atoms with Gasteiger partial charge in [-0.2, -0.15) is 0 Å². The Labute approximate surface area is 173 Å². The fourth-order valence-corrected chi connectivity index (χ4v) is 4.89. The van der Waals surface area contributed by atoms with Crippen LogP contribution >= 0.6 is 27.7 Å². The van der Waals surface area contributed by atoms with Crippen molar-refractivity contribution in [1.29, 1.82) is 0 Å². The fraction of sp³-hybridized carbons (Fsp3) is 0.217. The number of nitrogens with zero attached hydrogens (tertiary/aromatic N) is 1. The van der Waals surface area contributed by atoms with Gasteiger partial charge in [0.25, 0.3) is 0 Å². The third-order valence-electron chi connectivity index (χ3n) is 4.68. The van der Waals surface area contributed by atoms with Gasteiger partial charge in [0.15, 0.2) is 6.10 Å². The van der Waals surface area contributed by atoms with Gasteiger partial charge in [-0.25, -0.2) is 0 Å². The topological polar surface area (TPSA) is 12.5 Å². The monoisotopic (exact) mass is 439 g/mol. The van der Waals surface area contributed by atoms with Crippen molar-refractivity contribution in [3.63, 3.8) is 0 Å². The SMILES string of the molecule is CN(C)Cc1ccccc1O[C@@H]1c2ccccc2CSc2ccc(Br)cc21. The Morgan fingerprint density at radius 2 is 1.78 bits per heavy atom. The lowest BCUT2D eigenvalue weighted by Crippen LogP contribution is -2.15. The van der Waals surface area contributed by atoms with Gasteiger partial charge < -0.3 is 9.64 Å². The summed E-state index contributed by atoms with van der Waals surface area (Å²) in [6, 6.07) is 23.5. The number of fused-ring (bicyclic) bond motifs is 2. The van der Waals surface area contributed by atoms with Crippen molar-refractivity contribution >= 4 is 27.7 Å². The zero-order chi connectivity index (χ0) is 18.8. The van der Waals surface area contributed by atoms with Crippen molar-refractivity contribution < 1.29 is 4.74 Å². The van der Waals surface area contributed by atoms with Gasteiger partial charge in [-0.1, -0.05) is 58.4 Å². The van der Waals surface area contributed by atoms with Crippen LogP contribution in [0.1, 0.15) is 28.4 Å². The summed E-state index contributed by atoms with van der Waals surface area (Å²) in [5.41, 5.74) is 5.01. The Morgan fingerprint density at radius 3 is 2.63 bits per heavy atom. The summed E-state index contributed by atoms with van der Waals surface area (Å²) < 4.78 is 7.79. The molecule has 27 heavy (non-hydrogen) atoms. The van der Waals surface area contributed by atoms with E-state index >= 15 is 0 Å². The van der Waals surface area contributed by atoms with Gasteiger partial charge in [-0.15, -0.1) is 11.8 Å². The molecule has 0 amide bonds. The van der Waals surface area contributed by atoms with Gasteiger partial charge in [-0.3, -0.25) is 0 Å². The predicted molar refractivity (Wildman–Crippen MR) is 116 cm³/mol. The van der Waals surface area contributed by atoms with Crippen LogP contribution in [0.3, 0.4) is 0 Å². The lowest BCUT2D eigenvalue weighted by atomic mass is 9.97. The average molecular weight is 440 g/mol. The molecule has 3 aromatic rings. The largest absolute Gasteiger partial charge is 0.481 e. The first-order valence-electron chi connectivity index (χ1n) is 9.01. The molecular formula is C23H22BrNOS. The lowest BCUT2D eigenvalue weighted by molar-refractivity contribution is 0.238. The summed E-state index contributed by atoms with van der Waals surface area (Å²) in [6.45, 7) is 0.852. The highest BCUT2D eigenvalue weighted by Gasteiger charge is 2.26. The summed E-state index contributed by atoms with van der Waals surface area (Å²) in [5.74, 6) is 1.91. The lowest BCUT2D eigenvalue weighted by Gasteiger charge is -2.24. The zero-order valence-corrected chi connectivity index (χ0v) is 17.9. The molecule has 0 saturated heterocycles. The summed E-state index contributed by atoms with van der Waals surface area (Å²) >= 11 is 5.53. The minimum absolute atomic E-state index is 0.119. The minimum atomic E-state index is -0.119. The summed E-state index contributed by atoms with van der Waals surface area (Å²) in [7, 11) is 4.17. The van der Waals surface area contributed by atoms with E-state index in [9.17, 15) is 0 Å². The van der Waals surface area contributed by atoms with Gasteiger partial charge >= 0.3 is 0 Å². The Hall–Kier alpha value is -1.75. The quantitative estimate of drug-likeness (QED) is 0.474. The van der Waals surface area contributed by atoms with Gasteiger partial charge in [0.2, 0.25) is 0 Å². The van der Waals surface area contributed by atoms with Crippen LogP contribution in [0.15, 0.2) is 76.1 Å². The van der Waals surface area contributed by atoms with Crippen molar-refractivity contribution in [2.45, 2.75) is 23.3 Å². The molecule has 0 unspecified atom stereocenters. The molecule has 0 aliphatic carbocycles. The van der Waals surface area contributed by atoms with Gasteiger partial charge in [0.05, 0.1) is 0 Å². The van der Waals surface area contributed by atoms with E-state index in [1.165, 1.54) is 27.1 Å². The normalized spacial score (nSPS) is 15.8. The van der Waals surface area contributed by atoms with Crippen molar-refractivity contribution in [2.75, 3.05) is 14.1 Å². The number of ether oxygens (including phenoxy) is 1. The molecule has 0 N–H and O–H groups in total. The zero-order valence-electron chi connectivity index (χ0n) is 15.5. The van der Waals surface area contributed by atoms with E-state index in [-0.39, 0.29) is 6.10 Å². The second-order valence-corrected chi connectivity index (χ2v) is 8.95. The molecule has 1 aliphatic rings. The van der Waals surface area contributed by atoms with Crippen LogP contribution in [-0.4, -0.2) is 19.0 Å². The Morgan fingerprint density at radius 1 is 1.00 bits per heavy atom. The van der Waals surface area contributed by atoms with E-state index in [1.807, 2.05) is 17.8 Å². The number of para-hydroxylation sites is 1. The summed E-state index contributed by atoms with van der Waals surface area (Å²) in [4.78, 5) is 3.45. The maximum absolute atomic E-state index is 6.71. The molecule has 0 radical (unpaired) electrons. The Kier molecular flexibility index (Phi) is 5.58. The van der Waals surface area contributed by atoms with Crippen LogP contribution in [-0.2, 0) is 12.3 Å². The van der Waals surface area contributed by atoms with Crippen molar-refractivity contribution in [2.24, 2.45) is 0 Å². The molecule has 0 spiro atoms.